The minimum atomic E-state index is 0. The summed E-state index contributed by atoms with van der Waals surface area (Å²) in [7, 11) is 0. The summed E-state index contributed by atoms with van der Waals surface area (Å²) < 4.78 is 0. The second-order valence-corrected chi connectivity index (χ2v) is 8.98. The van der Waals surface area contributed by atoms with Crippen LogP contribution in [-0.4, -0.2) is 57.2 Å². The Labute approximate surface area is 191 Å². The number of hydrogen-bond donors (Lipinski definition) is 1. The van der Waals surface area contributed by atoms with Crippen LogP contribution in [0.25, 0.3) is 11.0 Å². The van der Waals surface area contributed by atoms with Crippen LogP contribution >= 0.6 is 23.7 Å². The first-order chi connectivity index (χ1) is 14.7. The fraction of sp³-hybridized carbons (Fsp3) is 0.476. The molecule has 8 nitrogen and oxygen atoms in total. The van der Waals surface area contributed by atoms with E-state index >= 15 is 0 Å². The van der Waals surface area contributed by atoms with Crippen molar-refractivity contribution in [3.63, 3.8) is 0 Å². The van der Waals surface area contributed by atoms with Crippen molar-refractivity contribution in [2.45, 2.75) is 38.5 Å². The van der Waals surface area contributed by atoms with Crippen LogP contribution in [0, 0.1) is 0 Å². The first kappa shape index (κ1) is 21.7. The van der Waals surface area contributed by atoms with E-state index in [4.69, 9.17) is 4.98 Å². The number of nitrogens with one attached hydrogen (secondary N) is 1. The summed E-state index contributed by atoms with van der Waals surface area (Å²) in [4.78, 5) is 25.0. The maximum atomic E-state index is 11.5. The van der Waals surface area contributed by atoms with E-state index in [1.54, 1.807) is 18.3 Å². The van der Waals surface area contributed by atoms with E-state index in [1.807, 2.05) is 23.2 Å². The molecule has 0 atom stereocenters. The van der Waals surface area contributed by atoms with Gasteiger partial charge >= 0.3 is 0 Å². The molecule has 10 heteroatoms. The van der Waals surface area contributed by atoms with Gasteiger partial charge in [-0.1, -0.05) is 24.2 Å². The van der Waals surface area contributed by atoms with Gasteiger partial charge in [0.25, 0.3) is 0 Å². The van der Waals surface area contributed by atoms with Crippen LogP contribution in [0.3, 0.4) is 0 Å². The summed E-state index contributed by atoms with van der Waals surface area (Å²) in [5.41, 5.74) is 2.73. The molecule has 31 heavy (non-hydrogen) atoms. The SMILES string of the molecule is CC(=O)N1CCN(c2cnc3ccc(Nc4nnc(C5CCCC5)s4)nc3c2)CC1.Cl. The lowest BCUT2D eigenvalue weighted by atomic mass is 10.1. The molecule has 3 aromatic rings. The monoisotopic (exact) mass is 459 g/mol. The Balaban J connectivity index is 0.00000231. The molecular formula is C21H26ClN7OS. The summed E-state index contributed by atoms with van der Waals surface area (Å²) in [5.74, 6) is 1.45. The zero-order valence-corrected chi connectivity index (χ0v) is 19.1. The number of aromatic nitrogens is 4. The number of halogens is 1. The number of nitrogens with zero attached hydrogens (tertiary/aromatic N) is 6. The van der Waals surface area contributed by atoms with Gasteiger partial charge in [-0.15, -0.1) is 22.6 Å². The largest absolute Gasteiger partial charge is 0.367 e. The Morgan fingerprint density at radius 3 is 2.61 bits per heavy atom. The van der Waals surface area contributed by atoms with Crippen molar-refractivity contribution < 1.29 is 4.79 Å². The molecule has 0 aromatic carbocycles. The molecule has 0 spiro atoms. The topological polar surface area (TPSA) is 87.1 Å². The standard InChI is InChI=1S/C21H25N7OS.ClH/c1-14(29)27-8-10-28(11-9-27)16-12-18-17(22-13-16)6-7-19(23-18)24-21-26-25-20(30-21)15-4-2-3-5-15;/h6-7,12-13,15H,2-5,8-11H2,1H3,(H,23,24,26);1H. The Kier molecular flexibility index (Phi) is 6.52. The summed E-state index contributed by atoms with van der Waals surface area (Å²) in [6.07, 6.45) is 6.91. The van der Waals surface area contributed by atoms with E-state index < -0.39 is 0 Å². The van der Waals surface area contributed by atoms with Crippen molar-refractivity contribution in [1.29, 1.82) is 0 Å². The molecule has 2 fully saturated rings. The van der Waals surface area contributed by atoms with Crippen LogP contribution in [0.2, 0.25) is 0 Å². The Morgan fingerprint density at radius 2 is 1.87 bits per heavy atom. The normalized spacial score (nSPS) is 17.1. The van der Waals surface area contributed by atoms with Crippen molar-refractivity contribution in [1.82, 2.24) is 25.1 Å². The summed E-state index contributed by atoms with van der Waals surface area (Å²) in [5, 5.41) is 13.9. The van der Waals surface area contributed by atoms with E-state index in [-0.39, 0.29) is 18.3 Å². The highest BCUT2D eigenvalue weighted by molar-refractivity contribution is 7.15. The molecule has 3 aromatic heterocycles. The van der Waals surface area contributed by atoms with Gasteiger partial charge < -0.3 is 15.1 Å². The second kappa shape index (κ2) is 9.32. The lowest BCUT2D eigenvalue weighted by molar-refractivity contribution is -0.129. The van der Waals surface area contributed by atoms with E-state index in [0.717, 1.165) is 58.9 Å². The molecule has 164 valence electrons. The lowest BCUT2D eigenvalue weighted by Gasteiger charge is -2.35. The minimum absolute atomic E-state index is 0. The number of amides is 1. The third-order valence-electron chi connectivity index (χ3n) is 5.99. The predicted molar refractivity (Wildman–Crippen MR) is 126 cm³/mol. The van der Waals surface area contributed by atoms with E-state index in [0.29, 0.717) is 5.92 Å². The van der Waals surface area contributed by atoms with Gasteiger partial charge in [-0.05, 0) is 31.0 Å². The molecule has 0 unspecified atom stereocenters. The highest BCUT2D eigenvalue weighted by Gasteiger charge is 2.22. The first-order valence-electron chi connectivity index (χ1n) is 10.5. The number of anilines is 3. The molecule has 1 aliphatic heterocycles. The van der Waals surface area contributed by atoms with Crippen molar-refractivity contribution in [3.8, 4) is 0 Å². The Bertz CT molecular complexity index is 1060. The van der Waals surface area contributed by atoms with E-state index in [1.165, 1.54) is 25.7 Å². The maximum Gasteiger partial charge on any atom is 0.219 e. The Hall–Kier alpha value is -2.52. The molecule has 1 saturated carbocycles. The summed E-state index contributed by atoms with van der Waals surface area (Å²) in [6.45, 7) is 4.71. The molecular weight excluding hydrogens is 434 g/mol. The third-order valence-corrected chi connectivity index (χ3v) is 6.99. The molecule has 1 N–H and O–H groups in total. The van der Waals surface area contributed by atoms with Crippen LogP contribution < -0.4 is 10.2 Å². The van der Waals surface area contributed by atoms with Crippen LogP contribution in [0.4, 0.5) is 16.6 Å². The molecule has 5 rings (SSSR count). The number of fused-ring (bicyclic) bond motifs is 1. The number of carbonyl (C=O) groups is 1. The molecule has 1 aliphatic carbocycles. The molecule has 0 bridgehead atoms. The van der Waals surface area contributed by atoms with Gasteiger partial charge in [-0.25, -0.2) is 4.98 Å². The lowest BCUT2D eigenvalue weighted by Crippen LogP contribution is -2.48. The van der Waals surface area contributed by atoms with Gasteiger partial charge in [0, 0.05) is 39.0 Å². The number of hydrogen-bond acceptors (Lipinski definition) is 8. The number of carbonyl (C=O) groups excluding carboxylic acids is 1. The average molecular weight is 460 g/mol. The van der Waals surface area contributed by atoms with E-state index in [9.17, 15) is 4.79 Å². The van der Waals surface area contributed by atoms with Gasteiger partial charge in [-0.2, -0.15) is 0 Å². The van der Waals surface area contributed by atoms with Crippen LogP contribution in [-0.2, 0) is 4.79 Å². The molecule has 0 radical (unpaired) electrons. The first-order valence-corrected chi connectivity index (χ1v) is 11.3. The smallest absolute Gasteiger partial charge is 0.219 e. The van der Waals surface area contributed by atoms with Crippen molar-refractivity contribution in [2.24, 2.45) is 0 Å². The number of piperazine rings is 1. The van der Waals surface area contributed by atoms with Crippen molar-refractivity contribution in [3.05, 3.63) is 29.4 Å². The zero-order chi connectivity index (χ0) is 20.5. The van der Waals surface area contributed by atoms with Gasteiger partial charge in [-0.3, -0.25) is 9.78 Å². The quantitative estimate of drug-likeness (QED) is 0.631. The third kappa shape index (κ3) is 4.72. The van der Waals surface area contributed by atoms with Crippen LogP contribution in [0.1, 0.15) is 43.5 Å². The summed E-state index contributed by atoms with van der Waals surface area (Å²) in [6, 6.07) is 5.97. The fourth-order valence-corrected chi connectivity index (χ4v) is 5.17. The Morgan fingerprint density at radius 1 is 1.10 bits per heavy atom. The zero-order valence-electron chi connectivity index (χ0n) is 17.5. The van der Waals surface area contributed by atoms with Gasteiger partial charge in [0.05, 0.1) is 22.9 Å². The van der Waals surface area contributed by atoms with Crippen LogP contribution in [0.5, 0.6) is 0 Å². The maximum absolute atomic E-state index is 11.5. The molecule has 4 heterocycles. The van der Waals surface area contributed by atoms with Crippen molar-refractivity contribution in [2.75, 3.05) is 36.4 Å². The predicted octanol–water partition coefficient (Wildman–Crippen LogP) is 3.97. The van der Waals surface area contributed by atoms with Crippen molar-refractivity contribution >= 4 is 57.3 Å². The van der Waals surface area contributed by atoms with Gasteiger partial charge in [0.15, 0.2) is 0 Å². The van der Waals surface area contributed by atoms with Crippen LogP contribution in [0.15, 0.2) is 24.4 Å². The summed E-state index contributed by atoms with van der Waals surface area (Å²) >= 11 is 1.63. The average Bonchev–Trinajstić information content (AvgIpc) is 3.45. The minimum Gasteiger partial charge on any atom is -0.367 e. The number of rotatable bonds is 4. The molecule has 2 aliphatic rings. The highest BCUT2D eigenvalue weighted by atomic mass is 35.5. The molecule has 1 amide bonds. The second-order valence-electron chi connectivity index (χ2n) is 7.97. The number of pyridine rings is 2. The van der Waals surface area contributed by atoms with Gasteiger partial charge in [0.1, 0.15) is 10.8 Å². The molecule has 1 saturated heterocycles. The highest BCUT2D eigenvalue weighted by Crippen LogP contribution is 2.37. The van der Waals surface area contributed by atoms with E-state index in [2.05, 4.69) is 31.5 Å². The fourth-order valence-electron chi connectivity index (χ4n) is 4.25. The van der Waals surface area contributed by atoms with Gasteiger partial charge in [0.2, 0.25) is 11.0 Å².